The van der Waals surface area contributed by atoms with E-state index in [-0.39, 0.29) is 5.56 Å². The maximum absolute atomic E-state index is 14.3. The van der Waals surface area contributed by atoms with Crippen molar-refractivity contribution in [2.24, 2.45) is 5.92 Å². The van der Waals surface area contributed by atoms with Crippen LogP contribution in [0.5, 0.6) is 0 Å². The molecule has 7 heteroatoms. The van der Waals surface area contributed by atoms with E-state index in [2.05, 4.69) is 41.2 Å². The highest BCUT2D eigenvalue weighted by atomic mass is 16.1. The van der Waals surface area contributed by atoms with Crippen molar-refractivity contribution >= 4 is 10.9 Å². The molecule has 3 fully saturated rings. The van der Waals surface area contributed by atoms with Gasteiger partial charge in [-0.1, -0.05) is 19.1 Å². The molecule has 7 nitrogen and oxygen atoms in total. The Morgan fingerprint density at radius 3 is 2.62 bits per heavy atom. The third-order valence-electron chi connectivity index (χ3n) is 9.84. The molecule has 3 aliphatic rings. The van der Waals surface area contributed by atoms with Crippen LogP contribution in [0.3, 0.4) is 0 Å². The van der Waals surface area contributed by atoms with E-state index >= 15 is 0 Å². The molecule has 4 aromatic heterocycles. The number of hydrogen-bond acceptors (Lipinski definition) is 5. The number of aromatic amines is 1. The summed E-state index contributed by atoms with van der Waals surface area (Å²) in [7, 11) is 0. The zero-order valence-corrected chi connectivity index (χ0v) is 26.0. The monoisotopic (exact) mass is 594 g/mol. The van der Waals surface area contributed by atoms with E-state index in [4.69, 9.17) is 9.97 Å². The van der Waals surface area contributed by atoms with E-state index < -0.39 is 0 Å². The largest absolute Gasteiger partial charge is 0.353 e. The summed E-state index contributed by atoms with van der Waals surface area (Å²) >= 11 is 0. The number of H-pyrrole nitrogens is 1. The third-order valence-corrected chi connectivity index (χ3v) is 9.84. The second-order valence-corrected chi connectivity index (χ2v) is 13.6. The van der Waals surface area contributed by atoms with Crippen molar-refractivity contribution in [3.05, 3.63) is 99.4 Å². The summed E-state index contributed by atoms with van der Waals surface area (Å²) in [6.45, 7) is 7.43. The third kappa shape index (κ3) is 5.38. The Balaban J connectivity index is 1.27. The highest BCUT2D eigenvalue weighted by Gasteiger charge is 2.30. The van der Waals surface area contributed by atoms with Gasteiger partial charge in [-0.3, -0.25) is 19.2 Å². The number of piperidine rings is 1. The van der Waals surface area contributed by atoms with Crippen LogP contribution in [0.15, 0.2) is 65.7 Å². The summed E-state index contributed by atoms with van der Waals surface area (Å²) in [6, 6.07) is 18.5. The second-order valence-electron chi connectivity index (χ2n) is 13.6. The quantitative estimate of drug-likeness (QED) is 0.209. The number of aromatic nitrogens is 4. The number of nitrogens with zero attached hydrogens (tertiary/aromatic N) is 5. The molecule has 5 heterocycles. The molecule has 0 amide bonds. The first-order chi connectivity index (χ1) is 21.9. The van der Waals surface area contributed by atoms with Gasteiger partial charge in [-0.25, -0.2) is 4.98 Å². The van der Waals surface area contributed by atoms with Crippen molar-refractivity contribution in [2.45, 2.75) is 70.8 Å². The normalized spacial score (nSPS) is 18.7. The molecule has 1 aliphatic heterocycles. The van der Waals surface area contributed by atoms with Gasteiger partial charge in [0.25, 0.3) is 5.56 Å². The maximum Gasteiger partial charge on any atom is 0.280 e. The van der Waals surface area contributed by atoms with Gasteiger partial charge in [-0.2, -0.15) is 5.26 Å². The number of benzene rings is 1. The average molecular weight is 595 g/mol. The first kappa shape index (κ1) is 28.0. The Kier molecular flexibility index (Phi) is 6.91. The summed E-state index contributed by atoms with van der Waals surface area (Å²) in [5.74, 6) is 2.23. The van der Waals surface area contributed by atoms with Gasteiger partial charge >= 0.3 is 0 Å². The minimum Gasteiger partial charge on any atom is -0.353 e. The Bertz CT molecular complexity index is 2040. The number of rotatable bonds is 7. The standard InChI is InChI=1S/C38H38N6O/c1-23-5-4-14-43(20-23)21-29-18-32-33(26-8-9-26)22-44(38(45)37(32)41-29)35-17-28(16-34(42-35)27-10-11-27)30-12-7-25(19-39)15-31(30)36-24(2)6-3-13-40-36/h3,6-7,12-13,15-18,22-23,26-27,41H,4-5,8-11,14,20-21H2,1-2H3/t23-/m0/s1. The first-order valence-corrected chi connectivity index (χ1v) is 16.4. The molecule has 1 saturated heterocycles. The molecule has 0 bridgehead atoms. The predicted molar refractivity (Wildman–Crippen MR) is 177 cm³/mol. The smallest absolute Gasteiger partial charge is 0.280 e. The van der Waals surface area contributed by atoms with Crippen molar-refractivity contribution < 1.29 is 0 Å². The van der Waals surface area contributed by atoms with E-state index in [9.17, 15) is 10.1 Å². The Morgan fingerprint density at radius 1 is 1.02 bits per heavy atom. The molecular formula is C38H38N6O. The van der Waals surface area contributed by atoms with Gasteiger partial charge < -0.3 is 4.98 Å². The lowest BCUT2D eigenvalue weighted by Crippen LogP contribution is -2.33. The Hall–Kier alpha value is -4.54. The van der Waals surface area contributed by atoms with Crippen molar-refractivity contribution in [2.75, 3.05) is 13.1 Å². The minimum absolute atomic E-state index is 0.0559. The molecule has 0 spiro atoms. The van der Waals surface area contributed by atoms with E-state index in [0.29, 0.717) is 34.7 Å². The van der Waals surface area contributed by atoms with Crippen LogP contribution in [0.4, 0.5) is 0 Å². The molecule has 226 valence electrons. The summed E-state index contributed by atoms with van der Waals surface area (Å²) in [4.78, 5) is 30.2. The zero-order valence-electron chi connectivity index (χ0n) is 26.0. The maximum atomic E-state index is 14.3. The van der Waals surface area contributed by atoms with Crippen LogP contribution in [0.25, 0.3) is 39.1 Å². The van der Waals surface area contributed by atoms with Gasteiger partial charge in [-0.05, 0) is 122 Å². The number of pyridine rings is 3. The van der Waals surface area contributed by atoms with Crippen molar-refractivity contribution in [1.82, 2.24) is 24.4 Å². The lowest BCUT2D eigenvalue weighted by atomic mass is 9.93. The number of aryl methyl sites for hydroxylation is 1. The lowest BCUT2D eigenvalue weighted by Gasteiger charge is -2.30. The van der Waals surface area contributed by atoms with Gasteiger partial charge in [0, 0.05) is 53.7 Å². The molecule has 0 unspecified atom stereocenters. The summed E-state index contributed by atoms with van der Waals surface area (Å²) in [5.41, 5.74) is 9.36. The highest BCUT2D eigenvalue weighted by molar-refractivity contribution is 5.86. The SMILES string of the molecule is Cc1cccnc1-c1cc(C#N)ccc1-c1cc(C2CC2)nc(-n2cc(C3CC3)c3cc(CN4CCC[C@H](C)C4)[nH]c3c2=O)c1. The summed E-state index contributed by atoms with van der Waals surface area (Å²) in [5, 5.41) is 10.8. The molecule has 45 heavy (non-hydrogen) atoms. The molecule has 1 N–H and O–H groups in total. The fourth-order valence-corrected chi connectivity index (χ4v) is 7.17. The molecule has 8 rings (SSSR count). The van der Waals surface area contributed by atoms with Crippen LogP contribution in [-0.2, 0) is 6.54 Å². The molecule has 1 aromatic carbocycles. The van der Waals surface area contributed by atoms with Crippen LogP contribution < -0.4 is 5.56 Å². The van der Waals surface area contributed by atoms with Gasteiger partial charge in [0.1, 0.15) is 11.3 Å². The Morgan fingerprint density at radius 2 is 1.87 bits per heavy atom. The molecular weight excluding hydrogens is 556 g/mol. The molecule has 5 aromatic rings. The number of nitriles is 1. The minimum atomic E-state index is -0.0559. The number of hydrogen-bond donors (Lipinski definition) is 1. The van der Waals surface area contributed by atoms with Crippen molar-refractivity contribution in [3.63, 3.8) is 0 Å². The molecule has 0 radical (unpaired) electrons. The summed E-state index contributed by atoms with van der Waals surface area (Å²) in [6.07, 6.45) is 10.9. The van der Waals surface area contributed by atoms with Crippen LogP contribution in [0, 0.1) is 24.2 Å². The molecule has 2 aliphatic carbocycles. The van der Waals surface area contributed by atoms with Gasteiger partial charge in [-0.15, -0.1) is 0 Å². The van der Waals surface area contributed by atoms with E-state index in [1.807, 2.05) is 43.3 Å². The van der Waals surface area contributed by atoms with E-state index in [1.165, 1.54) is 18.4 Å². The zero-order chi connectivity index (χ0) is 30.7. The summed E-state index contributed by atoms with van der Waals surface area (Å²) < 4.78 is 1.78. The molecule has 2 saturated carbocycles. The highest BCUT2D eigenvalue weighted by Crippen LogP contribution is 2.44. The first-order valence-electron chi connectivity index (χ1n) is 16.4. The number of nitrogens with one attached hydrogen (secondary N) is 1. The van der Waals surface area contributed by atoms with E-state index in [1.54, 1.807) is 10.8 Å². The van der Waals surface area contributed by atoms with Crippen LogP contribution in [0.1, 0.15) is 85.4 Å². The number of likely N-dealkylation sites (tertiary alicyclic amines) is 1. The Labute approximate surface area is 263 Å². The van der Waals surface area contributed by atoms with Gasteiger partial charge in [0.05, 0.1) is 17.3 Å². The second kappa shape index (κ2) is 11.1. The van der Waals surface area contributed by atoms with Gasteiger partial charge in [0.15, 0.2) is 0 Å². The van der Waals surface area contributed by atoms with Crippen molar-refractivity contribution in [3.8, 4) is 34.3 Å². The molecule has 1 atom stereocenters. The van der Waals surface area contributed by atoms with Crippen molar-refractivity contribution in [1.29, 1.82) is 5.26 Å². The average Bonchev–Trinajstić information content (AvgIpc) is 3.99. The fraction of sp³-hybridized carbons (Fsp3) is 0.368. The van der Waals surface area contributed by atoms with E-state index in [0.717, 1.165) is 90.0 Å². The van der Waals surface area contributed by atoms with Gasteiger partial charge in [0.2, 0.25) is 0 Å². The van der Waals surface area contributed by atoms with Crippen LogP contribution in [-0.4, -0.2) is 37.5 Å². The van der Waals surface area contributed by atoms with Crippen LogP contribution >= 0.6 is 0 Å². The fourth-order valence-electron chi connectivity index (χ4n) is 7.17. The number of fused-ring (bicyclic) bond motifs is 1. The predicted octanol–water partition coefficient (Wildman–Crippen LogP) is 7.61. The van der Waals surface area contributed by atoms with Crippen LogP contribution in [0.2, 0.25) is 0 Å². The lowest BCUT2D eigenvalue weighted by molar-refractivity contribution is 0.175. The topological polar surface area (TPSA) is 90.6 Å².